The molecule has 0 bridgehead atoms. The first kappa shape index (κ1) is 14.8. The molecular formula is C13H21ClN2S. The molecule has 2 N–H and O–H groups in total. The second-order valence-electron chi connectivity index (χ2n) is 4.27. The highest BCUT2D eigenvalue weighted by Crippen LogP contribution is 2.23. The molecule has 1 aromatic carbocycles. The summed E-state index contributed by atoms with van der Waals surface area (Å²) in [5, 5.41) is 0.768. The van der Waals surface area contributed by atoms with Crippen LogP contribution in [0.4, 0.5) is 0 Å². The number of likely N-dealkylation sites (N-methyl/N-ethyl adjacent to an activating group) is 1. The molecule has 2 unspecified atom stereocenters. The van der Waals surface area contributed by atoms with E-state index in [4.69, 9.17) is 17.3 Å². The van der Waals surface area contributed by atoms with Crippen LogP contribution < -0.4 is 5.73 Å². The van der Waals surface area contributed by atoms with Crippen molar-refractivity contribution in [3.05, 3.63) is 34.9 Å². The summed E-state index contributed by atoms with van der Waals surface area (Å²) in [6.07, 6.45) is 2.13. The van der Waals surface area contributed by atoms with Crippen molar-refractivity contribution >= 4 is 23.4 Å². The zero-order valence-corrected chi connectivity index (χ0v) is 12.3. The molecule has 1 aromatic rings. The fraction of sp³-hybridized carbons (Fsp3) is 0.538. The summed E-state index contributed by atoms with van der Waals surface area (Å²) in [6, 6.07) is 8.73. The highest BCUT2D eigenvalue weighted by atomic mass is 35.5. The van der Waals surface area contributed by atoms with Gasteiger partial charge in [-0.05, 0) is 37.9 Å². The Morgan fingerprint density at radius 3 is 2.41 bits per heavy atom. The van der Waals surface area contributed by atoms with Gasteiger partial charge in [-0.1, -0.05) is 23.7 Å². The van der Waals surface area contributed by atoms with Crippen molar-refractivity contribution in [1.82, 2.24) is 4.90 Å². The number of hydrogen-bond donors (Lipinski definition) is 1. The summed E-state index contributed by atoms with van der Waals surface area (Å²) in [5.41, 5.74) is 7.13. The molecule has 1 rings (SSSR count). The summed E-state index contributed by atoms with van der Waals surface area (Å²) in [7, 11) is 2.13. The van der Waals surface area contributed by atoms with Crippen LogP contribution in [0, 0.1) is 0 Å². The van der Waals surface area contributed by atoms with Crippen LogP contribution in [0.3, 0.4) is 0 Å². The lowest BCUT2D eigenvalue weighted by atomic mass is 10.0. The third kappa shape index (κ3) is 4.18. The van der Waals surface area contributed by atoms with E-state index in [1.807, 2.05) is 23.9 Å². The molecule has 0 aliphatic heterocycles. The van der Waals surface area contributed by atoms with Crippen LogP contribution in [0.25, 0.3) is 0 Å². The molecule has 0 spiro atoms. The molecule has 0 heterocycles. The lowest BCUT2D eigenvalue weighted by Crippen LogP contribution is -2.38. The quantitative estimate of drug-likeness (QED) is 0.863. The van der Waals surface area contributed by atoms with Gasteiger partial charge in [-0.3, -0.25) is 4.90 Å². The standard InChI is InChI=1S/C13H21ClN2S/c1-10(9-17-3)16(2)13(8-15)11-4-6-12(14)7-5-11/h4-7,10,13H,8-9,15H2,1-3H3. The van der Waals surface area contributed by atoms with Gasteiger partial charge in [-0.2, -0.15) is 11.8 Å². The van der Waals surface area contributed by atoms with E-state index in [1.165, 1.54) is 5.56 Å². The van der Waals surface area contributed by atoms with E-state index in [9.17, 15) is 0 Å². The van der Waals surface area contributed by atoms with E-state index in [0.29, 0.717) is 12.6 Å². The number of thioether (sulfide) groups is 1. The predicted octanol–water partition coefficient (Wildman–Crippen LogP) is 3.02. The van der Waals surface area contributed by atoms with E-state index in [2.05, 4.69) is 37.3 Å². The van der Waals surface area contributed by atoms with Crippen molar-refractivity contribution in [3.63, 3.8) is 0 Å². The van der Waals surface area contributed by atoms with Crippen molar-refractivity contribution in [3.8, 4) is 0 Å². The Balaban J connectivity index is 2.79. The third-order valence-corrected chi connectivity index (χ3v) is 4.14. The minimum Gasteiger partial charge on any atom is -0.329 e. The summed E-state index contributed by atoms with van der Waals surface area (Å²) < 4.78 is 0. The van der Waals surface area contributed by atoms with Gasteiger partial charge in [0.1, 0.15) is 0 Å². The van der Waals surface area contributed by atoms with Crippen molar-refractivity contribution < 1.29 is 0 Å². The Morgan fingerprint density at radius 2 is 1.94 bits per heavy atom. The predicted molar refractivity (Wildman–Crippen MR) is 78.9 cm³/mol. The van der Waals surface area contributed by atoms with Gasteiger partial charge in [0.2, 0.25) is 0 Å². The van der Waals surface area contributed by atoms with Crippen LogP contribution in [-0.2, 0) is 0 Å². The van der Waals surface area contributed by atoms with Gasteiger partial charge in [0.15, 0.2) is 0 Å². The maximum absolute atomic E-state index is 5.90. The van der Waals surface area contributed by atoms with Crippen LogP contribution >= 0.6 is 23.4 Å². The summed E-state index contributed by atoms with van der Waals surface area (Å²) >= 11 is 7.76. The molecule has 0 fully saturated rings. The number of hydrogen-bond acceptors (Lipinski definition) is 3. The maximum Gasteiger partial charge on any atom is 0.0470 e. The fourth-order valence-electron chi connectivity index (χ4n) is 1.89. The first-order valence-electron chi connectivity index (χ1n) is 5.76. The normalized spacial score (nSPS) is 14.9. The highest BCUT2D eigenvalue weighted by Gasteiger charge is 2.19. The average Bonchev–Trinajstić information content (AvgIpc) is 2.32. The smallest absolute Gasteiger partial charge is 0.0470 e. The second-order valence-corrected chi connectivity index (χ2v) is 5.62. The minimum absolute atomic E-state index is 0.259. The second kappa shape index (κ2) is 7.27. The molecular weight excluding hydrogens is 252 g/mol. The maximum atomic E-state index is 5.90. The van der Waals surface area contributed by atoms with Crippen molar-refractivity contribution in [2.45, 2.75) is 19.0 Å². The van der Waals surface area contributed by atoms with Crippen LogP contribution in [0.5, 0.6) is 0 Å². The number of benzene rings is 1. The Hall–Kier alpha value is -0.220. The fourth-order valence-corrected chi connectivity index (χ4v) is 2.73. The molecule has 0 saturated carbocycles. The van der Waals surface area contributed by atoms with Crippen LogP contribution in [0.15, 0.2) is 24.3 Å². The number of rotatable bonds is 6. The molecule has 2 atom stereocenters. The molecule has 0 radical (unpaired) electrons. The largest absolute Gasteiger partial charge is 0.329 e. The van der Waals surface area contributed by atoms with Gasteiger partial charge in [-0.25, -0.2) is 0 Å². The lowest BCUT2D eigenvalue weighted by Gasteiger charge is -2.32. The lowest BCUT2D eigenvalue weighted by molar-refractivity contribution is 0.204. The van der Waals surface area contributed by atoms with Crippen LogP contribution in [-0.4, -0.2) is 36.5 Å². The van der Waals surface area contributed by atoms with Crippen molar-refractivity contribution in [2.75, 3.05) is 25.6 Å². The van der Waals surface area contributed by atoms with Crippen LogP contribution in [0.2, 0.25) is 5.02 Å². The number of nitrogens with two attached hydrogens (primary N) is 1. The topological polar surface area (TPSA) is 29.3 Å². The van der Waals surface area contributed by atoms with Gasteiger partial charge in [0, 0.05) is 29.4 Å². The van der Waals surface area contributed by atoms with E-state index >= 15 is 0 Å². The molecule has 0 aliphatic rings. The number of halogens is 1. The summed E-state index contributed by atoms with van der Waals surface area (Å²) in [5.74, 6) is 1.11. The van der Waals surface area contributed by atoms with Crippen molar-refractivity contribution in [2.24, 2.45) is 5.73 Å². The average molecular weight is 273 g/mol. The molecule has 0 amide bonds. The van der Waals surface area contributed by atoms with Gasteiger partial charge in [0.25, 0.3) is 0 Å². The third-order valence-electron chi connectivity index (χ3n) is 3.07. The molecule has 0 aliphatic carbocycles. The SMILES string of the molecule is CSCC(C)N(C)C(CN)c1ccc(Cl)cc1. The van der Waals surface area contributed by atoms with Gasteiger partial charge >= 0.3 is 0 Å². The molecule has 96 valence electrons. The zero-order valence-electron chi connectivity index (χ0n) is 10.7. The highest BCUT2D eigenvalue weighted by molar-refractivity contribution is 7.98. The Morgan fingerprint density at radius 1 is 1.35 bits per heavy atom. The zero-order chi connectivity index (χ0) is 12.8. The molecule has 2 nitrogen and oxygen atoms in total. The Bertz CT molecular complexity index is 329. The Kier molecular flexibility index (Phi) is 6.34. The molecule has 0 saturated heterocycles. The van der Waals surface area contributed by atoms with E-state index in [1.54, 1.807) is 0 Å². The van der Waals surface area contributed by atoms with Crippen molar-refractivity contribution in [1.29, 1.82) is 0 Å². The monoisotopic (exact) mass is 272 g/mol. The minimum atomic E-state index is 0.259. The molecule has 4 heteroatoms. The summed E-state index contributed by atoms with van der Waals surface area (Å²) in [4.78, 5) is 2.33. The van der Waals surface area contributed by atoms with E-state index in [0.717, 1.165) is 10.8 Å². The molecule has 0 aromatic heterocycles. The van der Waals surface area contributed by atoms with Gasteiger partial charge in [0.05, 0.1) is 0 Å². The van der Waals surface area contributed by atoms with E-state index in [-0.39, 0.29) is 6.04 Å². The molecule has 17 heavy (non-hydrogen) atoms. The van der Waals surface area contributed by atoms with Gasteiger partial charge in [-0.15, -0.1) is 0 Å². The Labute approximate surface area is 114 Å². The van der Waals surface area contributed by atoms with Crippen LogP contribution in [0.1, 0.15) is 18.5 Å². The summed E-state index contributed by atoms with van der Waals surface area (Å²) in [6.45, 7) is 2.85. The van der Waals surface area contributed by atoms with E-state index < -0.39 is 0 Å². The van der Waals surface area contributed by atoms with Gasteiger partial charge < -0.3 is 5.73 Å². The first-order chi connectivity index (χ1) is 8.10. The number of nitrogens with zero attached hydrogens (tertiary/aromatic N) is 1. The first-order valence-corrected chi connectivity index (χ1v) is 7.53.